The Morgan fingerprint density at radius 3 is 2.19 bits per heavy atom. The maximum absolute atomic E-state index is 6.60. The molecule has 4 nitrogen and oxygen atoms in total. The molecule has 8 fully saturated rings. The molecule has 26 heavy (non-hydrogen) atoms. The summed E-state index contributed by atoms with van der Waals surface area (Å²) in [4.78, 5) is 0. The summed E-state index contributed by atoms with van der Waals surface area (Å²) in [7, 11) is -0.745. The van der Waals surface area contributed by atoms with Gasteiger partial charge >= 0.3 is 14.0 Å². The van der Waals surface area contributed by atoms with E-state index in [9.17, 15) is 0 Å². The monoisotopic (exact) mass is 358 g/mol. The van der Waals surface area contributed by atoms with E-state index in [2.05, 4.69) is 41.5 Å². The Balaban J connectivity index is 1.23. The molecule has 142 valence electrons. The van der Waals surface area contributed by atoms with Crippen molar-refractivity contribution in [2.24, 2.45) is 34.5 Å². The van der Waals surface area contributed by atoms with E-state index in [-0.39, 0.29) is 37.4 Å². The fourth-order valence-electron chi connectivity index (χ4n) is 7.87. The van der Waals surface area contributed by atoms with Crippen molar-refractivity contribution in [1.29, 1.82) is 0 Å². The van der Waals surface area contributed by atoms with E-state index in [0.29, 0.717) is 22.7 Å². The Kier molecular flexibility index (Phi) is 2.97. The Hall–Kier alpha value is -0.0301. The van der Waals surface area contributed by atoms with Crippen LogP contribution in [0.25, 0.3) is 0 Å². The lowest BCUT2D eigenvalue weighted by molar-refractivity contribution is -0.199. The first-order valence-corrected chi connectivity index (χ1v) is 10.7. The average molecular weight is 358 g/mol. The molecule has 6 saturated carbocycles. The second-order valence-corrected chi connectivity index (χ2v) is 11.8. The summed E-state index contributed by atoms with van der Waals surface area (Å²) in [5, 5.41) is 0. The van der Waals surface area contributed by atoms with Gasteiger partial charge in [-0.2, -0.15) is 0 Å². The Morgan fingerprint density at radius 1 is 0.769 bits per heavy atom. The van der Waals surface area contributed by atoms with Gasteiger partial charge in [-0.05, 0) is 74.0 Å². The molecule has 0 unspecified atom stereocenters. The van der Waals surface area contributed by atoms with Gasteiger partial charge < -0.3 is 18.6 Å². The first-order valence-electron chi connectivity index (χ1n) is 10.7. The van der Waals surface area contributed by atoms with Crippen LogP contribution in [-0.2, 0) is 18.6 Å². The maximum atomic E-state index is 6.60. The lowest BCUT2D eigenvalue weighted by atomic mass is 9.43. The number of hydrogen-bond acceptors (Lipinski definition) is 4. The van der Waals surface area contributed by atoms with Crippen LogP contribution in [0.5, 0.6) is 0 Å². The summed E-state index contributed by atoms with van der Waals surface area (Å²) >= 11 is 0. The van der Waals surface area contributed by atoms with Crippen molar-refractivity contribution in [3.05, 3.63) is 0 Å². The summed E-state index contributed by atoms with van der Waals surface area (Å²) in [5.41, 5.74) is 0.388. The van der Waals surface area contributed by atoms with Crippen molar-refractivity contribution in [2.75, 3.05) is 0 Å². The lowest BCUT2D eigenvalue weighted by Crippen LogP contribution is -2.65. The van der Waals surface area contributed by atoms with Gasteiger partial charge in [-0.15, -0.1) is 0 Å². The molecule has 8 aliphatic rings. The van der Waals surface area contributed by atoms with E-state index in [1.54, 1.807) is 0 Å². The van der Waals surface area contributed by atoms with Crippen LogP contribution < -0.4 is 0 Å². The summed E-state index contributed by atoms with van der Waals surface area (Å²) in [6.07, 6.45) is 5.15. The van der Waals surface area contributed by atoms with E-state index in [1.807, 2.05) is 0 Å². The second kappa shape index (κ2) is 4.58. The molecule has 4 bridgehead atoms. The molecule has 0 aromatic carbocycles. The van der Waals surface area contributed by atoms with Crippen LogP contribution in [0.3, 0.4) is 0 Å². The summed E-state index contributed by atoms with van der Waals surface area (Å²) in [6, 6.07) is 0. The summed E-state index contributed by atoms with van der Waals surface area (Å²) in [6.45, 7) is 14.1. The van der Waals surface area contributed by atoms with Crippen molar-refractivity contribution in [1.82, 2.24) is 0 Å². The molecule has 0 radical (unpaired) electrons. The van der Waals surface area contributed by atoms with Gasteiger partial charge in [0, 0.05) is 0 Å². The van der Waals surface area contributed by atoms with E-state index in [0.717, 1.165) is 24.7 Å². The molecular formula is C20H32B2O4. The lowest BCUT2D eigenvalue weighted by Gasteiger charge is -2.64. The molecule has 0 aromatic rings. The first-order chi connectivity index (χ1) is 12.1. The third kappa shape index (κ3) is 1.75. The van der Waals surface area contributed by atoms with Gasteiger partial charge in [0.25, 0.3) is 0 Å². The third-order valence-corrected chi connectivity index (χ3v) is 10.0. The fraction of sp³-hybridized carbons (Fsp3) is 1.00. The Labute approximate surface area is 158 Å². The predicted molar refractivity (Wildman–Crippen MR) is 100 cm³/mol. The van der Waals surface area contributed by atoms with Crippen LogP contribution >= 0.6 is 0 Å². The van der Waals surface area contributed by atoms with Gasteiger partial charge in [0.15, 0.2) is 0 Å². The van der Waals surface area contributed by atoms with Crippen LogP contribution in [0, 0.1) is 34.5 Å². The zero-order valence-corrected chi connectivity index (χ0v) is 17.1. The van der Waals surface area contributed by atoms with E-state index >= 15 is 0 Å². The Morgan fingerprint density at radius 2 is 1.50 bits per heavy atom. The minimum Gasteiger partial charge on any atom is -0.407 e. The molecule has 0 amide bonds. The van der Waals surface area contributed by atoms with Gasteiger partial charge in [0.1, 0.15) is 0 Å². The molecule has 8 rings (SSSR count). The van der Waals surface area contributed by atoms with Crippen LogP contribution in [-0.4, -0.2) is 37.4 Å². The van der Waals surface area contributed by atoms with Crippen molar-refractivity contribution in [3.63, 3.8) is 0 Å². The Bertz CT molecular complexity index is 668. The second-order valence-electron chi connectivity index (χ2n) is 11.8. The molecular weight excluding hydrogens is 326 g/mol. The molecule has 2 aliphatic heterocycles. The third-order valence-electron chi connectivity index (χ3n) is 10.0. The van der Waals surface area contributed by atoms with Crippen LogP contribution in [0.2, 0.25) is 0 Å². The quantitative estimate of drug-likeness (QED) is 0.673. The fourth-order valence-corrected chi connectivity index (χ4v) is 7.87. The molecule has 6 aliphatic carbocycles. The highest BCUT2D eigenvalue weighted by atomic mass is 16.7. The van der Waals surface area contributed by atoms with Crippen LogP contribution in [0.1, 0.15) is 67.2 Å². The van der Waals surface area contributed by atoms with E-state index < -0.39 is 0 Å². The van der Waals surface area contributed by atoms with Crippen molar-refractivity contribution >= 4 is 14.0 Å². The van der Waals surface area contributed by atoms with Crippen molar-refractivity contribution in [3.8, 4) is 0 Å². The standard InChI is InChI=1S/C20H32B2O4/c1-17(2)12-7-13(17)16-19(5,10-12)25-22(24-16)21-23-15-9-11-8-14(18(11,3)4)20(15,6)26-21/h11-16H,7-10H2,1-6H3/t11-,12-,13+,14-,15+,16+,19-,20-/m0/s1. The minimum atomic E-state index is -0.372. The predicted octanol–water partition coefficient (Wildman–Crippen LogP) is 3.52. The topological polar surface area (TPSA) is 36.9 Å². The van der Waals surface area contributed by atoms with Gasteiger partial charge in [0.2, 0.25) is 0 Å². The number of hydrogen-bond donors (Lipinski definition) is 0. The molecule has 0 N–H and O–H groups in total. The largest absolute Gasteiger partial charge is 0.488 e. The maximum Gasteiger partial charge on any atom is 0.488 e. The summed E-state index contributed by atoms with van der Waals surface area (Å²) < 4.78 is 26.1. The molecule has 2 saturated heterocycles. The van der Waals surface area contributed by atoms with E-state index in [4.69, 9.17) is 18.6 Å². The average Bonchev–Trinajstić information content (AvgIpc) is 3.09. The normalized spacial score (nSPS) is 57.9. The highest BCUT2D eigenvalue weighted by Crippen LogP contribution is 2.67. The van der Waals surface area contributed by atoms with E-state index in [1.165, 1.54) is 12.8 Å². The molecule has 0 spiro atoms. The van der Waals surface area contributed by atoms with Gasteiger partial charge in [-0.3, -0.25) is 0 Å². The van der Waals surface area contributed by atoms with Gasteiger partial charge in [-0.1, -0.05) is 27.7 Å². The molecule has 0 aromatic heterocycles. The molecule has 2 heterocycles. The van der Waals surface area contributed by atoms with Gasteiger partial charge in [-0.25, -0.2) is 0 Å². The summed E-state index contributed by atoms with van der Waals surface area (Å²) in [5.74, 6) is 2.71. The SMILES string of the molecule is CC1(C)[C@H]2C[C@@H]1[C@H]1OB(B3O[C@@H]4C[C@@H]5C[C@@H](C5(C)C)[C@]4(C)O3)O[C@@]1(C)C2. The van der Waals surface area contributed by atoms with Crippen LogP contribution in [0.15, 0.2) is 0 Å². The highest BCUT2D eigenvalue weighted by Gasteiger charge is 2.73. The minimum absolute atomic E-state index is 0.170. The molecule has 6 heteroatoms. The smallest absolute Gasteiger partial charge is 0.407 e. The number of rotatable bonds is 1. The van der Waals surface area contributed by atoms with Crippen molar-refractivity contribution < 1.29 is 18.6 Å². The zero-order chi connectivity index (χ0) is 18.3. The first kappa shape index (κ1) is 16.9. The highest BCUT2D eigenvalue weighted by molar-refractivity contribution is 7.11. The van der Waals surface area contributed by atoms with Crippen molar-refractivity contribution in [2.45, 2.75) is 90.6 Å². The van der Waals surface area contributed by atoms with Crippen LogP contribution in [0.4, 0.5) is 0 Å². The zero-order valence-electron chi connectivity index (χ0n) is 17.1. The van der Waals surface area contributed by atoms with Gasteiger partial charge in [0.05, 0.1) is 23.4 Å². The molecule has 8 atom stereocenters.